The van der Waals surface area contributed by atoms with Crippen molar-refractivity contribution in [3.8, 4) is 5.75 Å². The first kappa shape index (κ1) is 14.5. The fraction of sp³-hybridized carbons (Fsp3) is 0.429. The van der Waals surface area contributed by atoms with Gasteiger partial charge in [0, 0.05) is 18.2 Å². The highest BCUT2D eigenvalue weighted by Gasteiger charge is 2.10. The summed E-state index contributed by atoms with van der Waals surface area (Å²) < 4.78 is 21.0. The molecule has 1 heterocycles. The summed E-state index contributed by atoms with van der Waals surface area (Å²) in [4.78, 5) is 4.11. The number of benzene rings is 1. The number of halogens is 1. The molecule has 0 fully saturated rings. The molecule has 20 heavy (non-hydrogen) atoms. The van der Waals surface area contributed by atoms with Crippen molar-refractivity contribution < 1.29 is 14.2 Å². The van der Waals surface area contributed by atoms with Gasteiger partial charge >= 0.3 is 0 Å². The molecule has 0 saturated carbocycles. The minimum absolute atomic E-state index is 0.230. The zero-order valence-corrected chi connectivity index (χ0v) is 11.6. The lowest BCUT2D eigenvalue weighted by Gasteiger charge is -2.10. The molecule has 0 aliphatic rings. The van der Waals surface area contributed by atoms with Crippen LogP contribution >= 0.6 is 0 Å². The number of hydrogen-bond donors (Lipinski definition) is 1. The third-order valence-electron chi connectivity index (χ3n) is 2.92. The molecule has 0 bridgehead atoms. The lowest BCUT2D eigenvalue weighted by Crippen LogP contribution is -2.08. The maximum Gasteiger partial charge on any atom is 0.164 e. The van der Waals surface area contributed by atoms with Crippen LogP contribution < -0.4 is 4.74 Å². The average Bonchev–Trinajstić information content (AvgIpc) is 2.84. The molecule has 0 amide bonds. The van der Waals surface area contributed by atoms with E-state index in [2.05, 4.69) is 17.0 Å². The number of aliphatic hydroxyl groups excluding tert-OH is 1. The van der Waals surface area contributed by atoms with Crippen LogP contribution in [0.3, 0.4) is 0 Å². The van der Waals surface area contributed by atoms with Gasteiger partial charge in [-0.05, 0) is 25.5 Å². The molecule has 0 spiro atoms. The highest BCUT2D eigenvalue weighted by atomic mass is 19.1. The van der Waals surface area contributed by atoms with Gasteiger partial charge in [0.25, 0.3) is 0 Å². The quantitative estimate of drug-likeness (QED) is 0.882. The van der Waals surface area contributed by atoms with Gasteiger partial charge in [-0.1, -0.05) is 6.92 Å². The van der Waals surface area contributed by atoms with E-state index in [1.54, 1.807) is 10.7 Å². The number of aliphatic hydroxyl groups is 1. The second-order valence-electron chi connectivity index (χ2n) is 4.55. The van der Waals surface area contributed by atoms with Crippen LogP contribution in [0.5, 0.6) is 5.75 Å². The number of hydrogen-bond acceptors (Lipinski definition) is 4. The molecule has 108 valence electrons. The molecule has 2 rings (SSSR count). The first-order valence-corrected chi connectivity index (χ1v) is 6.58. The summed E-state index contributed by atoms with van der Waals surface area (Å²) in [6.07, 6.45) is 1.59. The number of aryl methyl sites for hydroxylation is 1. The fourth-order valence-electron chi connectivity index (χ4n) is 1.88. The molecule has 1 N–H and O–H groups in total. The van der Waals surface area contributed by atoms with Crippen molar-refractivity contribution in [2.75, 3.05) is 0 Å². The van der Waals surface area contributed by atoms with Crippen LogP contribution in [0.4, 0.5) is 4.39 Å². The smallest absolute Gasteiger partial charge is 0.164 e. The van der Waals surface area contributed by atoms with Crippen LogP contribution in [0.15, 0.2) is 24.5 Å². The van der Waals surface area contributed by atoms with Crippen LogP contribution in [0.2, 0.25) is 0 Å². The standard InChI is InChI=1S/C14H18FN3O2/c1-3-6-18-14(16-9-17-18)8-20-11-4-5-12(10(2)19)13(15)7-11/h4-5,7,9-10,19H,3,6,8H2,1-2H3. The minimum atomic E-state index is -0.836. The van der Waals surface area contributed by atoms with Crippen molar-refractivity contribution in [2.45, 2.75) is 39.5 Å². The van der Waals surface area contributed by atoms with Crippen molar-refractivity contribution in [1.29, 1.82) is 0 Å². The average molecular weight is 279 g/mol. The van der Waals surface area contributed by atoms with Gasteiger partial charge in [0.2, 0.25) is 0 Å². The Morgan fingerprint density at radius 2 is 2.25 bits per heavy atom. The fourth-order valence-corrected chi connectivity index (χ4v) is 1.88. The van der Waals surface area contributed by atoms with E-state index in [-0.39, 0.29) is 12.2 Å². The Morgan fingerprint density at radius 3 is 2.90 bits per heavy atom. The molecule has 0 aliphatic carbocycles. The van der Waals surface area contributed by atoms with Gasteiger partial charge in [0.05, 0.1) is 6.10 Å². The zero-order valence-electron chi connectivity index (χ0n) is 11.6. The summed E-state index contributed by atoms with van der Waals surface area (Å²) >= 11 is 0. The molecular weight excluding hydrogens is 261 g/mol. The van der Waals surface area contributed by atoms with E-state index >= 15 is 0 Å². The highest BCUT2D eigenvalue weighted by Crippen LogP contribution is 2.22. The van der Waals surface area contributed by atoms with Crippen molar-refractivity contribution in [3.63, 3.8) is 0 Å². The summed E-state index contributed by atoms with van der Waals surface area (Å²) in [5.74, 6) is 0.623. The van der Waals surface area contributed by atoms with Gasteiger partial charge in [-0.25, -0.2) is 14.1 Å². The largest absolute Gasteiger partial charge is 0.486 e. The van der Waals surface area contributed by atoms with Crippen LogP contribution in [0.1, 0.15) is 37.8 Å². The Labute approximate surface area is 117 Å². The summed E-state index contributed by atoms with van der Waals surface area (Å²) in [5.41, 5.74) is 0.256. The minimum Gasteiger partial charge on any atom is -0.486 e. The van der Waals surface area contributed by atoms with E-state index < -0.39 is 11.9 Å². The van der Waals surface area contributed by atoms with Gasteiger partial charge in [-0.2, -0.15) is 5.10 Å². The van der Waals surface area contributed by atoms with Gasteiger partial charge in [0.1, 0.15) is 24.5 Å². The summed E-state index contributed by atoms with van der Waals surface area (Å²) in [5, 5.41) is 13.5. The molecule has 5 nitrogen and oxygen atoms in total. The van der Waals surface area contributed by atoms with Gasteiger partial charge in [-0.15, -0.1) is 0 Å². The van der Waals surface area contributed by atoms with E-state index in [0.717, 1.165) is 13.0 Å². The van der Waals surface area contributed by atoms with E-state index in [4.69, 9.17) is 4.74 Å². The molecule has 1 atom stereocenters. The Morgan fingerprint density at radius 1 is 1.45 bits per heavy atom. The number of nitrogens with zero attached hydrogens (tertiary/aromatic N) is 3. The zero-order chi connectivity index (χ0) is 14.5. The normalized spacial score (nSPS) is 12.4. The SMILES string of the molecule is CCCn1ncnc1COc1ccc(C(C)O)c(F)c1. The Kier molecular flexibility index (Phi) is 4.68. The third-order valence-corrected chi connectivity index (χ3v) is 2.92. The van der Waals surface area contributed by atoms with Gasteiger partial charge in [-0.3, -0.25) is 0 Å². The lowest BCUT2D eigenvalue weighted by molar-refractivity contribution is 0.193. The number of ether oxygens (including phenoxy) is 1. The summed E-state index contributed by atoms with van der Waals surface area (Å²) in [7, 11) is 0. The number of rotatable bonds is 6. The van der Waals surface area contributed by atoms with Crippen LogP contribution in [0, 0.1) is 5.82 Å². The van der Waals surface area contributed by atoms with Crippen LogP contribution in [0.25, 0.3) is 0 Å². The maximum atomic E-state index is 13.7. The topological polar surface area (TPSA) is 60.2 Å². The second kappa shape index (κ2) is 6.47. The lowest BCUT2D eigenvalue weighted by atomic mass is 10.1. The predicted octanol–water partition coefficient (Wildman–Crippen LogP) is 2.46. The van der Waals surface area contributed by atoms with Crippen molar-refractivity contribution in [2.24, 2.45) is 0 Å². The Hall–Kier alpha value is -1.95. The van der Waals surface area contributed by atoms with E-state index in [1.165, 1.54) is 25.4 Å². The molecule has 1 aromatic carbocycles. The summed E-state index contributed by atoms with van der Waals surface area (Å²) in [6, 6.07) is 4.42. The van der Waals surface area contributed by atoms with Gasteiger partial charge < -0.3 is 9.84 Å². The molecular formula is C14H18FN3O2. The Bertz CT molecular complexity index is 569. The van der Waals surface area contributed by atoms with Gasteiger partial charge in [0.15, 0.2) is 5.82 Å². The Balaban J connectivity index is 2.04. The van der Waals surface area contributed by atoms with E-state index in [1.807, 2.05) is 0 Å². The van der Waals surface area contributed by atoms with E-state index in [0.29, 0.717) is 11.6 Å². The first-order valence-electron chi connectivity index (χ1n) is 6.58. The summed E-state index contributed by atoms with van der Waals surface area (Å²) in [6.45, 7) is 4.57. The molecule has 0 saturated heterocycles. The maximum absolute atomic E-state index is 13.7. The first-order chi connectivity index (χ1) is 9.61. The molecule has 2 aromatic rings. The predicted molar refractivity (Wildman–Crippen MR) is 71.7 cm³/mol. The van der Waals surface area contributed by atoms with Crippen LogP contribution in [-0.2, 0) is 13.2 Å². The van der Waals surface area contributed by atoms with Crippen molar-refractivity contribution in [1.82, 2.24) is 14.8 Å². The monoisotopic (exact) mass is 279 g/mol. The van der Waals surface area contributed by atoms with Crippen molar-refractivity contribution >= 4 is 0 Å². The van der Waals surface area contributed by atoms with Crippen molar-refractivity contribution in [3.05, 3.63) is 41.7 Å². The molecule has 6 heteroatoms. The molecule has 0 radical (unpaired) electrons. The highest BCUT2D eigenvalue weighted by molar-refractivity contribution is 5.30. The number of aromatic nitrogens is 3. The molecule has 1 unspecified atom stereocenters. The van der Waals surface area contributed by atoms with Crippen LogP contribution in [-0.4, -0.2) is 19.9 Å². The third kappa shape index (κ3) is 3.33. The van der Waals surface area contributed by atoms with E-state index in [9.17, 15) is 9.50 Å². The molecule has 0 aliphatic heterocycles. The second-order valence-corrected chi connectivity index (χ2v) is 4.55. The molecule has 1 aromatic heterocycles.